The van der Waals surface area contributed by atoms with Crippen molar-refractivity contribution in [1.82, 2.24) is 19.2 Å². The minimum Gasteiger partial charge on any atom is -0.505 e. The molecule has 2 aromatic heterocycles. The van der Waals surface area contributed by atoms with Crippen LogP contribution in [0.3, 0.4) is 0 Å². The Balaban J connectivity index is 1.93. The lowest BCUT2D eigenvalue weighted by Crippen LogP contribution is -2.38. The van der Waals surface area contributed by atoms with Gasteiger partial charge >= 0.3 is 0 Å². The number of carbonyl (C=O) groups is 2. The van der Waals surface area contributed by atoms with Gasteiger partial charge in [0.1, 0.15) is 11.3 Å². The Bertz CT molecular complexity index is 1410. The number of nitrogens with zero attached hydrogens (tertiary/aromatic N) is 4. The number of aromatic nitrogens is 2. The average molecular weight is 571 g/mol. The molecule has 37 heavy (non-hydrogen) atoms. The number of benzene rings is 1. The molecule has 1 aromatic carbocycles. The van der Waals surface area contributed by atoms with Crippen LogP contribution in [0.1, 0.15) is 42.4 Å². The normalized spacial score (nSPS) is 17.4. The topological polar surface area (TPSA) is 108 Å². The highest BCUT2D eigenvalue weighted by molar-refractivity contribution is 9.10. The van der Waals surface area contributed by atoms with Crippen molar-refractivity contribution in [3.05, 3.63) is 63.0 Å². The van der Waals surface area contributed by atoms with Crippen LogP contribution in [0.25, 0.3) is 11.4 Å². The van der Waals surface area contributed by atoms with Crippen LogP contribution < -0.4 is 4.74 Å². The molecule has 1 amide bonds. The van der Waals surface area contributed by atoms with E-state index in [1.165, 1.54) is 12.0 Å². The summed E-state index contributed by atoms with van der Waals surface area (Å²) < 4.78 is 7.52. The third kappa shape index (κ3) is 4.59. The van der Waals surface area contributed by atoms with Gasteiger partial charge in [0, 0.05) is 19.3 Å². The Kier molecular flexibility index (Phi) is 7.61. The molecule has 0 radical (unpaired) electrons. The minimum atomic E-state index is -0.897. The van der Waals surface area contributed by atoms with Gasteiger partial charge in [-0.15, -0.1) is 0 Å². The predicted octanol–water partition coefficient (Wildman–Crippen LogP) is 4.19. The Morgan fingerprint density at radius 3 is 2.54 bits per heavy atom. The molecule has 0 aliphatic carbocycles. The number of likely N-dealkylation sites (N-methyl/N-ethyl adjacent to an activating group) is 1. The van der Waals surface area contributed by atoms with Crippen LogP contribution in [-0.2, 0) is 9.59 Å². The number of likely N-dealkylation sites (tertiary alicyclic amines) is 1. The number of halogens is 1. The summed E-state index contributed by atoms with van der Waals surface area (Å²) in [7, 11) is 1.42. The molecule has 9 nitrogen and oxygen atoms in total. The molecule has 0 saturated carbocycles. The predicted molar refractivity (Wildman–Crippen MR) is 144 cm³/mol. The third-order valence-corrected chi connectivity index (χ3v) is 7.59. The summed E-state index contributed by atoms with van der Waals surface area (Å²) in [5.41, 5.74) is 2.92. The van der Waals surface area contributed by atoms with E-state index >= 15 is 0 Å². The molecule has 4 rings (SSSR count). The molecule has 1 fully saturated rings. The lowest BCUT2D eigenvalue weighted by molar-refractivity contribution is -0.140. The zero-order valence-electron chi connectivity index (χ0n) is 21.6. The highest BCUT2D eigenvalue weighted by atomic mass is 79.9. The average Bonchev–Trinajstić information content (AvgIpc) is 3.36. The van der Waals surface area contributed by atoms with Gasteiger partial charge in [0.15, 0.2) is 17.3 Å². The Hall–Kier alpha value is -3.37. The number of hydrogen-bond donors (Lipinski definition) is 2. The Morgan fingerprint density at radius 2 is 1.92 bits per heavy atom. The summed E-state index contributed by atoms with van der Waals surface area (Å²) in [5, 5.41) is 21.9. The number of aliphatic hydroxyl groups excluding tert-OH is 1. The van der Waals surface area contributed by atoms with Crippen molar-refractivity contribution in [3.8, 4) is 11.5 Å². The van der Waals surface area contributed by atoms with Crippen molar-refractivity contribution in [2.24, 2.45) is 0 Å². The fourth-order valence-electron chi connectivity index (χ4n) is 4.83. The number of aryl methyl sites for hydroxylation is 2. The smallest absolute Gasteiger partial charge is 0.295 e. The van der Waals surface area contributed by atoms with Gasteiger partial charge in [-0.2, -0.15) is 0 Å². The number of pyridine rings is 1. The lowest BCUT2D eigenvalue weighted by atomic mass is 9.96. The van der Waals surface area contributed by atoms with Crippen molar-refractivity contribution in [3.63, 3.8) is 0 Å². The number of amides is 1. The molecule has 1 atom stereocenters. The first-order chi connectivity index (χ1) is 17.6. The summed E-state index contributed by atoms with van der Waals surface area (Å²) in [5.74, 6) is -1.73. The molecule has 1 aliphatic heterocycles. The molecular weight excluding hydrogens is 540 g/mol. The molecule has 10 heteroatoms. The maximum atomic E-state index is 13.4. The third-order valence-electron chi connectivity index (χ3n) is 6.99. The summed E-state index contributed by atoms with van der Waals surface area (Å²) in [4.78, 5) is 35.0. The first-order valence-corrected chi connectivity index (χ1v) is 13.0. The zero-order valence-corrected chi connectivity index (χ0v) is 23.2. The second kappa shape index (κ2) is 10.5. The maximum absolute atomic E-state index is 13.4. The van der Waals surface area contributed by atoms with E-state index in [9.17, 15) is 19.8 Å². The number of rotatable bonds is 8. The fourth-order valence-corrected chi connectivity index (χ4v) is 5.29. The number of phenolic OH excluding ortho intramolecular Hbond substituents is 1. The number of ether oxygens (including phenoxy) is 1. The number of aliphatic hydroxyl groups is 1. The molecule has 3 heterocycles. The van der Waals surface area contributed by atoms with Gasteiger partial charge in [0.2, 0.25) is 0 Å². The van der Waals surface area contributed by atoms with Gasteiger partial charge in [0.05, 0.1) is 28.9 Å². The first kappa shape index (κ1) is 26.7. The van der Waals surface area contributed by atoms with Crippen LogP contribution in [0.5, 0.6) is 11.5 Å². The number of fused-ring (bicyclic) bond motifs is 1. The van der Waals surface area contributed by atoms with E-state index in [1.54, 1.807) is 19.1 Å². The van der Waals surface area contributed by atoms with E-state index in [2.05, 4.69) is 25.8 Å². The molecular formula is C27H31BrN4O5. The van der Waals surface area contributed by atoms with Crippen LogP contribution in [0.4, 0.5) is 0 Å². The van der Waals surface area contributed by atoms with Gasteiger partial charge < -0.3 is 29.2 Å². The summed E-state index contributed by atoms with van der Waals surface area (Å²) >= 11 is 3.34. The number of carbonyl (C=O) groups excluding carboxylic acids is 2. The number of ketones is 1. The van der Waals surface area contributed by atoms with Gasteiger partial charge in [-0.1, -0.05) is 19.9 Å². The van der Waals surface area contributed by atoms with Crippen molar-refractivity contribution < 1.29 is 24.5 Å². The molecule has 3 aromatic rings. The Labute approximate surface area is 224 Å². The van der Waals surface area contributed by atoms with Gasteiger partial charge in [-0.25, -0.2) is 4.98 Å². The summed E-state index contributed by atoms with van der Waals surface area (Å²) in [6.07, 6.45) is 1.84. The summed E-state index contributed by atoms with van der Waals surface area (Å²) in [6.45, 7) is 10.2. The van der Waals surface area contributed by atoms with Crippen molar-refractivity contribution in [2.45, 2.75) is 33.7 Å². The second-order valence-electron chi connectivity index (χ2n) is 9.00. The minimum absolute atomic E-state index is 0.0478. The van der Waals surface area contributed by atoms with E-state index in [4.69, 9.17) is 4.74 Å². The van der Waals surface area contributed by atoms with E-state index < -0.39 is 17.7 Å². The maximum Gasteiger partial charge on any atom is 0.295 e. The van der Waals surface area contributed by atoms with Gasteiger partial charge in [-0.3, -0.25) is 9.59 Å². The molecule has 1 aliphatic rings. The highest BCUT2D eigenvalue weighted by Gasteiger charge is 2.47. The van der Waals surface area contributed by atoms with Crippen LogP contribution in [0.2, 0.25) is 0 Å². The Morgan fingerprint density at radius 1 is 1.22 bits per heavy atom. The van der Waals surface area contributed by atoms with Gasteiger partial charge in [-0.05, 0) is 72.2 Å². The number of Topliss-reactive ketones (excluding diaryl/α,β-unsaturated/α-hetero) is 1. The van der Waals surface area contributed by atoms with E-state index in [0.717, 1.165) is 18.7 Å². The van der Waals surface area contributed by atoms with Crippen LogP contribution >= 0.6 is 15.9 Å². The molecule has 1 saturated heterocycles. The highest BCUT2D eigenvalue weighted by Crippen LogP contribution is 2.44. The number of hydrogen-bond acceptors (Lipinski definition) is 7. The largest absolute Gasteiger partial charge is 0.505 e. The zero-order chi connectivity index (χ0) is 27.0. The quantitative estimate of drug-likeness (QED) is 0.237. The number of methoxy groups -OCH3 is 1. The van der Waals surface area contributed by atoms with Crippen LogP contribution in [0, 0.1) is 13.8 Å². The monoisotopic (exact) mass is 570 g/mol. The summed E-state index contributed by atoms with van der Waals surface area (Å²) in [6, 6.07) is 6.11. The molecule has 0 spiro atoms. The molecule has 0 bridgehead atoms. The van der Waals surface area contributed by atoms with Crippen LogP contribution in [-0.4, -0.2) is 74.4 Å². The van der Waals surface area contributed by atoms with E-state index in [1.807, 2.05) is 43.5 Å². The first-order valence-electron chi connectivity index (χ1n) is 12.2. The van der Waals surface area contributed by atoms with E-state index in [0.29, 0.717) is 27.9 Å². The number of aromatic hydroxyl groups is 1. The second-order valence-corrected chi connectivity index (χ2v) is 9.86. The number of imidazole rings is 1. The standard InChI is InChI=1S/C27H31BrN4O5/c1-6-30(7-2)11-12-32-22(17-13-18(28)23(33)19(14-17)37-5)20(25(35)27(32)36)24(34)21-16(4)31-10-8-9-15(3)26(31)29-21/h8-10,13-14,22,33-34H,6-7,11-12H2,1-5H3/b24-20+. The van der Waals surface area contributed by atoms with Crippen molar-refractivity contribution in [1.29, 1.82) is 0 Å². The molecule has 2 N–H and O–H groups in total. The molecule has 1 unspecified atom stereocenters. The van der Waals surface area contributed by atoms with Crippen molar-refractivity contribution >= 4 is 39.0 Å². The van der Waals surface area contributed by atoms with Crippen molar-refractivity contribution in [2.75, 3.05) is 33.3 Å². The SMILES string of the molecule is CCN(CC)CCN1C(=O)C(=O)/C(=C(/O)c2nc3c(C)cccn3c2C)C1c1cc(Br)c(O)c(OC)c1. The fraction of sp³-hybridized carbons (Fsp3) is 0.370. The van der Waals surface area contributed by atoms with E-state index in [-0.39, 0.29) is 35.1 Å². The van der Waals surface area contributed by atoms with Gasteiger partial charge in [0.25, 0.3) is 11.7 Å². The molecule has 196 valence electrons. The van der Waals surface area contributed by atoms with Crippen LogP contribution in [0.15, 0.2) is 40.5 Å². The lowest BCUT2D eigenvalue weighted by Gasteiger charge is -2.28. The number of phenols is 1.